The molecule has 2 aromatic heterocycles. The van der Waals surface area contributed by atoms with Crippen molar-refractivity contribution in [3.63, 3.8) is 0 Å². The molecule has 0 spiro atoms. The number of pyridine rings is 1. The zero-order valence-corrected chi connectivity index (χ0v) is 10.9. The van der Waals surface area contributed by atoms with Crippen LogP contribution in [-0.2, 0) is 0 Å². The number of aromatic nitrogens is 2. The smallest absolute Gasteiger partial charge is 0.142 e. The van der Waals surface area contributed by atoms with E-state index in [4.69, 9.17) is 9.78 Å². The van der Waals surface area contributed by atoms with Crippen LogP contribution in [0.1, 0.15) is 11.3 Å². The first-order chi connectivity index (χ1) is 9.79. The topological polar surface area (TPSA) is 62.7 Å². The molecule has 4 nitrogen and oxygen atoms in total. The highest BCUT2D eigenvalue weighted by atomic mass is 16.5. The molecule has 0 aliphatic rings. The van der Waals surface area contributed by atoms with Crippen molar-refractivity contribution < 1.29 is 4.52 Å². The van der Waals surface area contributed by atoms with Gasteiger partial charge in [-0.1, -0.05) is 23.4 Å². The lowest BCUT2D eigenvalue weighted by molar-refractivity contribution is 0.400. The molecule has 0 unspecified atom stereocenters. The number of nitriles is 1. The Balaban J connectivity index is 2.14. The summed E-state index contributed by atoms with van der Waals surface area (Å²) in [5, 5.41) is 13.0. The second-order valence-electron chi connectivity index (χ2n) is 4.37. The maximum atomic E-state index is 8.86. The minimum Gasteiger partial charge on any atom is -0.360 e. The summed E-state index contributed by atoms with van der Waals surface area (Å²) in [6, 6.07) is 15.1. The van der Waals surface area contributed by atoms with Gasteiger partial charge in [-0.05, 0) is 36.8 Å². The Kier molecular flexibility index (Phi) is 3.02. The zero-order chi connectivity index (χ0) is 13.9. The lowest BCUT2D eigenvalue weighted by Gasteiger charge is -2.02. The largest absolute Gasteiger partial charge is 0.360 e. The van der Waals surface area contributed by atoms with Crippen LogP contribution in [0.25, 0.3) is 22.5 Å². The summed E-state index contributed by atoms with van der Waals surface area (Å²) in [5.41, 5.74) is 3.98. The van der Waals surface area contributed by atoms with E-state index in [0.717, 1.165) is 22.6 Å². The minimum absolute atomic E-state index is 0.627. The Hall–Kier alpha value is -2.93. The van der Waals surface area contributed by atoms with E-state index in [9.17, 15) is 0 Å². The van der Waals surface area contributed by atoms with E-state index in [0.29, 0.717) is 11.3 Å². The molecular weight excluding hydrogens is 250 g/mol. The molecule has 20 heavy (non-hydrogen) atoms. The lowest BCUT2D eigenvalue weighted by atomic mass is 10.0. The van der Waals surface area contributed by atoms with E-state index in [1.807, 2.05) is 37.3 Å². The van der Waals surface area contributed by atoms with Crippen molar-refractivity contribution in [2.24, 2.45) is 0 Å². The van der Waals surface area contributed by atoms with Gasteiger partial charge in [0.25, 0.3) is 0 Å². The fourth-order valence-electron chi connectivity index (χ4n) is 2.10. The average molecular weight is 261 g/mol. The molecule has 0 fully saturated rings. The SMILES string of the molecule is Cc1onc(-c2ccccn2)c1-c1ccc(C#N)cc1. The molecule has 1 aromatic carbocycles. The molecule has 0 atom stereocenters. The zero-order valence-electron chi connectivity index (χ0n) is 10.9. The highest BCUT2D eigenvalue weighted by Gasteiger charge is 2.17. The van der Waals surface area contributed by atoms with E-state index in [-0.39, 0.29) is 0 Å². The summed E-state index contributed by atoms with van der Waals surface area (Å²) in [6.07, 6.45) is 1.72. The first-order valence-electron chi connectivity index (χ1n) is 6.18. The molecule has 3 aromatic rings. The van der Waals surface area contributed by atoms with E-state index < -0.39 is 0 Å². The molecule has 0 amide bonds. The van der Waals surface area contributed by atoms with Crippen molar-refractivity contribution >= 4 is 0 Å². The van der Waals surface area contributed by atoms with Gasteiger partial charge in [-0.2, -0.15) is 5.26 Å². The molecular formula is C16H11N3O. The van der Waals surface area contributed by atoms with Gasteiger partial charge in [0.1, 0.15) is 11.5 Å². The molecule has 4 heteroatoms. The van der Waals surface area contributed by atoms with E-state index in [1.54, 1.807) is 18.3 Å². The van der Waals surface area contributed by atoms with Gasteiger partial charge in [0.15, 0.2) is 0 Å². The maximum Gasteiger partial charge on any atom is 0.142 e. The molecule has 0 aliphatic carbocycles. The highest BCUT2D eigenvalue weighted by molar-refractivity contribution is 5.80. The van der Waals surface area contributed by atoms with Gasteiger partial charge in [0.2, 0.25) is 0 Å². The highest BCUT2D eigenvalue weighted by Crippen LogP contribution is 2.33. The van der Waals surface area contributed by atoms with Crippen LogP contribution in [0.4, 0.5) is 0 Å². The average Bonchev–Trinajstić information content (AvgIpc) is 2.90. The molecule has 0 saturated carbocycles. The minimum atomic E-state index is 0.627. The van der Waals surface area contributed by atoms with Crippen LogP contribution >= 0.6 is 0 Å². The monoisotopic (exact) mass is 261 g/mol. The third-order valence-electron chi connectivity index (χ3n) is 3.07. The second kappa shape index (κ2) is 4.98. The van der Waals surface area contributed by atoms with E-state index in [2.05, 4.69) is 16.2 Å². The summed E-state index contributed by atoms with van der Waals surface area (Å²) in [4.78, 5) is 4.31. The Morgan fingerprint density at radius 1 is 1.10 bits per heavy atom. The number of hydrogen-bond acceptors (Lipinski definition) is 4. The number of aryl methyl sites for hydroxylation is 1. The van der Waals surface area contributed by atoms with Gasteiger partial charge in [0, 0.05) is 6.20 Å². The second-order valence-corrected chi connectivity index (χ2v) is 4.37. The van der Waals surface area contributed by atoms with E-state index in [1.165, 1.54) is 0 Å². The Labute approximate surface area is 116 Å². The first-order valence-corrected chi connectivity index (χ1v) is 6.18. The summed E-state index contributed by atoms with van der Waals surface area (Å²) >= 11 is 0. The van der Waals surface area contributed by atoms with Crippen LogP contribution in [0.3, 0.4) is 0 Å². The third kappa shape index (κ3) is 2.06. The third-order valence-corrected chi connectivity index (χ3v) is 3.07. The molecule has 0 bridgehead atoms. The molecule has 2 heterocycles. The van der Waals surface area contributed by atoms with Gasteiger partial charge < -0.3 is 4.52 Å². The summed E-state index contributed by atoms with van der Waals surface area (Å²) < 4.78 is 5.31. The summed E-state index contributed by atoms with van der Waals surface area (Å²) in [6.45, 7) is 1.87. The fourth-order valence-corrected chi connectivity index (χ4v) is 2.10. The van der Waals surface area contributed by atoms with Gasteiger partial charge >= 0.3 is 0 Å². The van der Waals surface area contributed by atoms with Crippen LogP contribution in [0, 0.1) is 18.3 Å². The number of nitrogens with zero attached hydrogens (tertiary/aromatic N) is 3. The van der Waals surface area contributed by atoms with Crippen molar-refractivity contribution in [1.29, 1.82) is 5.26 Å². The lowest BCUT2D eigenvalue weighted by Crippen LogP contribution is -1.87. The fraction of sp³-hybridized carbons (Fsp3) is 0.0625. The van der Waals surface area contributed by atoms with Gasteiger partial charge in [-0.25, -0.2) is 0 Å². The Morgan fingerprint density at radius 2 is 1.90 bits per heavy atom. The van der Waals surface area contributed by atoms with Crippen molar-refractivity contribution in [3.8, 4) is 28.6 Å². The molecule has 0 saturated heterocycles. The number of rotatable bonds is 2. The quantitative estimate of drug-likeness (QED) is 0.707. The van der Waals surface area contributed by atoms with Crippen molar-refractivity contribution in [3.05, 3.63) is 60.0 Å². The predicted molar refractivity (Wildman–Crippen MR) is 74.6 cm³/mol. The van der Waals surface area contributed by atoms with Gasteiger partial charge in [-0.15, -0.1) is 0 Å². The summed E-state index contributed by atoms with van der Waals surface area (Å²) in [5.74, 6) is 0.732. The molecule has 0 N–H and O–H groups in total. The summed E-state index contributed by atoms with van der Waals surface area (Å²) in [7, 11) is 0. The number of hydrogen-bond donors (Lipinski definition) is 0. The van der Waals surface area contributed by atoms with Crippen LogP contribution in [0.2, 0.25) is 0 Å². The van der Waals surface area contributed by atoms with Crippen LogP contribution in [0.5, 0.6) is 0 Å². The Bertz CT molecular complexity index is 768. The molecule has 3 rings (SSSR count). The standard InChI is InChI=1S/C16H11N3O/c1-11-15(13-7-5-12(10-17)6-8-13)16(19-20-11)14-4-2-3-9-18-14/h2-9H,1H3. The first kappa shape index (κ1) is 12.1. The van der Waals surface area contributed by atoms with Crippen molar-refractivity contribution in [2.45, 2.75) is 6.92 Å². The maximum absolute atomic E-state index is 8.86. The molecule has 0 radical (unpaired) electrons. The molecule has 96 valence electrons. The van der Waals surface area contributed by atoms with Gasteiger partial charge in [-0.3, -0.25) is 4.98 Å². The predicted octanol–water partition coefficient (Wildman–Crippen LogP) is 3.58. The van der Waals surface area contributed by atoms with Crippen molar-refractivity contribution in [1.82, 2.24) is 10.1 Å². The van der Waals surface area contributed by atoms with Crippen LogP contribution in [0.15, 0.2) is 53.2 Å². The van der Waals surface area contributed by atoms with Crippen molar-refractivity contribution in [2.75, 3.05) is 0 Å². The Morgan fingerprint density at radius 3 is 2.55 bits per heavy atom. The molecule has 0 aliphatic heterocycles. The van der Waals surface area contributed by atoms with Crippen LogP contribution in [-0.4, -0.2) is 10.1 Å². The van der Waals surface area contributed by atoms with E-state index >= 15 is 0 Å². The normalized spacial score (nSPS) is 10.2. The van der Waals surface area contributed by atoms with Crippen LogP contribution < -0.4 is 0 Å². The van der Waals surface area contributed by atoms with Gasteiger partial charge in [0.05, 0.1) is 22.9 Å². The number of benzene rings is 1.